The van der Waals surface area contributed by atoms with Crippen molar-refractivity contribution in [2.24, 2.45) is 0 Å². The minimum Gasteiger partial charge on any atom is -0.487 e. The van der Waals surface area contributed by atoms with Crippen LogP contribution < -0.4 is 15.1 Å². The molecule has 0 saturated heterocycles. The number of hydrogen-bond donors (Lipinski definition) is 0. The van der Waals surface area contributed by atoms with Gasteiger partial charge in [-0.1, -0.05) is 23.7 Å². The Morgan fingerprint density at radius 3 is 2.84 bits per heavy atom. The molecule has 0 aliphatic carbocycles. The molecule has 1 atom stereocenters. The first-order valence-electron chi connectivity index (χ1n) is 7.84. The van der Waals surface area contributed by atoms with E-state index < -0.39 is 0 Å². The highest BCUT2D eigenvalue weighted by atomic mass is 35.5. The summed E-state index contributed by atoms with van der Waals surface area (Å²) >= 11 is 5.92. The number of rotatable bonds is 1. The molecule has 0 saturated carbocycles. The van der Waals surface area contributed by atoms with Crippen LogP contribution in [0.3, 0.4) is 0 Å². The van der Waals surface area contributed by atoms with E-state index in [4.69, 9.17) is 20.8 Å². The first-order valence-corrected chi connectivity index (χ1v) is 8.22. The lowest BCUT2D eigenvalue weighted by atomic mass is 10.1. The van der Waals surface area contributed by atoms with Crippen molar-refractivity contribution in [1.29, 1.82) is 0 Å². The van der Waals surface area contributed by atoms with Crippen molar-refractivity contribution in [2.75, 3.05) is 11.4 Å². The highest BCUT2D eigenvalue weighted by molar-refractivity contribution is 6.31. The van der Waals surface area contributed by atoms with Gasteiger partial charge in [-0.15, -0.1) is 0 Å². The lowest BCUT2D eigenvalue weighted by Gasteiger charge is -2.33. The number of ether oxygens (including phenoxy) is 1. The normalized spacial score (nSPS) is 16.4. The van der Waals surface area contributed by atoms with Gasteiger partial charge in [0.25, 0.3) is 5.91 Å². The third-order valence-corrected chi connectivity index (χ3v) is 4.30. The second kappa shape index (κ2) is 5.93. The van der Waals surface area contributed by atoms with Crippen molar-refractivity contribution in [1.82, 2.24) is 0 Å². The largest absolute Gasteiger partial charge is 0.487 e. The van der Waals surface area contributed by atoms with Crippen LogP contribution in [0.4, 0.5) is 5.69 Å². The van der Waals surface area contributed by atoms with Gasteiger partial charge in [0.1, 0.15) is 17.4 Å². The predicted molar refractivity (Wildman–Crippen MR) is 95.7 cm³/mol. The van der Waals surface area contributed by atoms with E-state index in [9.17, 15) is 9.59 Å². The maximum Gasteiger partial charge on any atom is 0.294 e. The summed E-state index contributed by atoms with van der Waals surface area (Å²) in [5.74, 6) is 0.241. The van der Waals surface area contributed by atoms with Crippen LogP contribution in [-0.4, -0.2) is 18.6 Å². The molecule has 0 fully saturated rings. The average Bonchev–Trinajstić information content (AvgIpc) is 2.60. The second-order valence-corrected chi connectivity index (χ2v) is 6.36. The van der Waals surface area contributed by atoms with Gasteiger partial charge < -0.3 is 9.15 Å². The van der Waals surface area contributed by atoms with Gasteiger partial charge in [-0.3, -0.25) is 14.5 Å². The molecule has 1 aromatic heterocycles. The Labute approximate surface area is 148 Å². The Hall–Kier alpha value is -2.79. The number of anilines is 1. The van der Waals surface area contributed by atoms with Gasteiger partial charge in [-0.2, -0.15) is 0 Å². The smallest absolute Gasteiger partial charge is 0.294 e. The van der Waals surface area contributed by atoms with Gasteiger partial charge in [0.15, 0.2) is 11.2 Å². The topological polar surface area (TPSA) is 59.8 Å². The summed E-state index contributed by atoms with van der Waals surface area (Å²) in [5, 5.41) is 0.787. The number of benzene rings is 2. The molecule has 1 amide bonds. The molecule has 4 rings (SSSR count). The molecule has 6 heteroatoms. The van der Waals surface area contributed by atoms with Crippen LogP contribution in [0.15, 0.2) is 57.7 Å². The van der Waals surface area contributed by atoms with Crippen LogP contribution in [0.5, 0.6) is 5.75 Å². The van der Waals surface area contributed by atoms with Gasteiger partial charge >= 0.3 is 0 Å². The van der Waals surface area contributed by atoms with E-state index in [1.807, 2.05) is 25.1 Å². The summed E-state index contributed by atoms with van der Waals surface area (Å²) in [7, 11) is 0. The zero-order valence-electron chi connectivity index (χ0n) is 13.4. The van der Waals surface area contributed by atoms with E-state index in [1.54, 1.807) is 23.1 Å². The summed E-state index contributed by atoms with van der Waals surface area (Å²) in [5.41, 5.74) is 0.681. The van der Waals surface area contributed by atoms with Gasteiger partial charge in [0.05, 0.1) is 17.6 Å². The van der Waals surface area contributed by atoms with E-state index in [1.165, 1.54) is 12.1 Å². The zero-order chi connectivity index (χ0) is 17.6. The van der Waals surface area contributed by atoms with Crippen LogP contribution >= 0.6 is 11.6 Å². The molecule has 2 aromatic carbocycles. The number of hydrogen-bond acceptors (Lipinski definition) is 4. The fourth-order valence-electron chi connectivity index (χ4n) is 2.95. The van der Waals surface area contributed by atoms with E-state index >= 15 is 0 Å². The first-order chi connectivity index (χ1) is 12.0. The van der Waals surface area contributed by atoms with Crippen LogP contribution in [-0.2, 0) is 0 Å². The van der Waals surface area contributed by atoms with E-state index in [0.717, 1.165) is 0 Å². The molecule has 5 nitrogen and oxygen atoms in total. The number of halogens is 1. The van der Waals surface area contributed by atoms with Crippen molar-refractivity contribution < 1.29 is 13.9 Å². The zero-order valence-corrected chi connectivity index (χ0v) is 14.1. The minimum absolute atomic E-state index is 0.0104. The summed E-state index contributed by atoms with van der Waals surface area (Å²) < 4.78 is 11.4. The first kappa shape index (κ1) is 15.7. The Balaban J connectivity index is 1.80. The number of carbonyl (C=O) groups excluding carboxylic acids is 1. The fraction of sp³-hybridized carbons (Fsp3) is 0.158. The highest BCUT2D eigenvalue weighted by Crippen LogP contribution is 2.34. The molecule has 3 aromatic rings. The Morgan fingerprint density at radius 2 is 2.00 bits per heavy atom. The lowest BCUT2D eigenvalue weighted by molar-refractivity contribution is 0.0935. The molecule has 0 spiro atoms. The van der Waals surface area contributed by atoms with Crippen LogP contribution in [0.2, 0.25) is 5.02 Å². The third-order valence-electron chi connectivity index (χ3n) is 4.07. The summed E-state index contributed by atoms with van der Waals surface area (Å²) in [6.45, 7) is 2.26. The summed E-state index contributed by atoms with van der Waals surface area (Å²) in [6.07, 6.45) is -0.162. The monoisotopic (exact) mass is 355 g/mol. The maximum absolute atomic E-state index is 13.0. The quantitative estimate of drug-likeness (QED) is 0.664. The van der Waals surface area contributed by atoms with Crippen molar-refractivity contribution in [3.63, 3.8) is 0 Å². The molecule has 25 heavy (non-hydrogen) atoms. The minimum atomic E-state index is -0.378. The number of nitrogens with zero attached hydrogens (tertiary/aromatic N) is 1. The van der Waals surface area contributed by atoms with E-state index in [-0.39, 0.29) is 23.2 Å². The molecular formula is C19H14ClNO4. The standard InChI is InChI=1S/C19H14ClNO4/c1-11-10-21(14-4-2-3-5-17(14)24-11)19(23)18-9-15(22)13-8-12(20)6-7-16(13)25-18/h2-9,11H,10H2,1H3/t11-/m1/s1. The predicted octanol–water partition coefficient (Wildman–Crippen LogP) is 3.87. The number of amides is 1. The van der Waals surface area contributed by atoms with Crippen molar-refractivity contribution >= 4 is 34.2 Å². The number of carbonyl (C=O) groups is 1. The number of fused-ring (bicyclic) bond motifs is 2. The molecular weight excluding hydrogens is 342 g/mol. The highest BCUT2D eigenvalue weighted by Gasteiger charge is 2.29. The molecule has 2 heterocycles. The van der Waals surface area contributed by atoms with Gasteiger partial charge in [0.2, 0.25) is 0 Å². The molecule has 0 bridgehead atoms. The SMILES string of the molecule is C[C@@H]1CN(C(=O)c2cc(=O)c3cc(Cl)ccc3o2)c2ccccc2O1. The van der Waals surface area contributed by atoms with Crippen molar-refractivity contribution in [2.45, 2.75) is 13.0 Å². The van der Waals surface area contributed by atoms with Crippen LogP contribution in [0.25, 0.3) is 11.0 Å². The van der Waals surface area contributed by atoms with Crippen molar-refractivity contribution in [3.05, 3.63) is 69.5 Å². The average molecular weight is 356 g/mol. The summed E-state index contributed by atoms with van der Waals surface area (Å²) in [6, 6.07) is 13.2. The van der Waals surface area contributed by atoms with E-state index in [0.29, 0.717) is 34.0 Å². The number of para-hydroxylation sites is 2. The third kappa shape index (κ3) is 2.76. The molecule has 0 radical (unpaired) electrons. The fourth-order valence-corrected chi connectivity index (χ4v) is 3.12. The Morgan fingerprint density at radius 1 is 1.20 bits per heavy atom. The van der Waals surface area contributed by atoms with Gasteiger partial charge in [-0.25, -0.2) is 0 Å². The van der Waals surface area contributed by atoms with Crippen LogP contribution in [0, 0.1) is 0 Å². The van der Waals surface area contributed by atoms with Gasteiger partial charge in [0, 0.05) is 11.1 Å². The Kier molecular flexibility index (Phi) is 3.73. The molecule has 1 aliphatic rings. The van der Waals surface area contributed by atoms with Crippen molar-refractivity contribution in [3.8, 4) is 5.75 Å². The summed E-state index contributed by atoms with van der Waals surface area (Å²) in [4.78, 5) is 26.9. The lowest BCUT2D eigenvalue weighted by Crippen LogP contribution is -2.42. The Bertz CT molecular complexity index is 1040. The molecule has 126 valence electrons. The molecule has 0 unspecified atom stereocenters. The van der Waals surface area contributed by atoms with Gasteiger partial charge in [-0.05, 0) is 37.3 Å². The molecule has 0 N–H and O–H groups in total. The van der Waals surface area contributed by atoms with E-state index in [2.05, 4.69) is 0 Å². The second-order valence-electron chi connectivity index (χ2n) is 5.93. The molecule has 1 aliphatic heterocycles. The van der Waals surface area contributed by atoms with Crippen LogP contribution in [0.1, 0.15) is 17.5 Å². The maximum atomic E-state index is 13.0.